The van der Waals surface area contributed by atoms with Crippen molar-refractivity contribution in [2.45, 2.75) is 24.8 Å². The van der Waals surface area contributed by atoms with Gasteiger partial charge in [-0.05, 0) is 26.0 Å². The van der Waals surface area contributed by atoms with Gasteiger partial charge in [-0.15, -0.1) is 0 Å². The second-order valence-corrected chi connectivity index (χ2v) is 7.14. The molecule has 1 aliphatic rings. The van der Waals surface area contributed by atoms with Crippen molar-refractivity contribution < 1.29 is 4.74 Å². The predicted octanol–water partition coefficient (Wildman–Crippen LogP) is 2.68. The molecule has 0 unspecified atom stereocenters. The van der Waals surface area contributed by atoms with E-state index in [1.54, 1.807) is 18.0 Å². The summed E-state index contributed by atoms with van der Waals surface area (Å²) in [7, 11) is 1.87. The van der Waals surface area contributed by atoms with Crippen molar-refractivity contribution in [3.05, 3.63) is 41.1 Å². The average molecular weight is 280 g/mol. The van der Waals surface area contributed by atoms with Crippen LogP contribution < -0.4 is 0 Å². The highest BCUT2D eigenvalue weighted by molar-refractivity contribution is 8.24. The monoisotopic (exact) mass is 280 g/mol. The van der Waals surface area contributed by atoms with Gasteiger partial charge >= 0.3 is 0 Å². The first-order valence-corrected chi connectivity index (χ1v) is 6.95. The van der Waals surface area contributed by atoms with Crippen molar-refractivity contribution in [3.63, 3.8) is 0 Å². The Morgan fingerprint density at radius 1 is 1.39 bits per heavy atom. The normalized spacial score (nSPS) is 23.5. The summed E-state index contributed by atoms with van der Waals surface area (Å²) in [5, 5.41) is 12.3. The number of rotatable bonds is 2. The third-order valence-electron chi connectivity index (χ3n) is 2.94. The lowest BCUT2D eigenvalue weighted by Gasteiger charge is -2.27. The van der Waals surface area contributed by atoms with Crippen LogP contribution >= 0.6 is 24.0 Å². The van der Waals surface area contributed by atoms with Gasteiger partial charge in [0.15, 0.2) is 6.21 Å². The molecule has 18 heavy (non-hydrogen) atoms. The van der Waals surface area contributed by atoms with Crippen LogP contribution in [0.2, 0.25) is 0 Å². The summed E-state index contributed by atoms with van der Waals surface area (Å²) < 4.78 is 1.56. The maximum atomic E-state index is 12.3. The number of benzene rings is 1. The summed E-state index contributed by atoms with van der Waals surface area (Å²) in [4.78, 5) is 1.87. The fraction of sp³-hybridized carbons (Fsp3) is 0.385. The van der Waals surface area contributed by atoms with E-state index in [1.807, 2.05) is 56.1 Å². The molecule has 1 heterocycles. The summed E-state index contributed by atoms with van der Waals surface area (Å²) in [5.41, 5.74) is 0.902. The molecule has 0 spiro atoms. The van der Waals surface area contributed by atoms with Crippen molar-refractivity contribution in [2.24, 2.45) is 0 Å². The maximum absolute atomic E-state index is 12.3. The molecule has 0 N–H and O–H groups in total. The summed E-state index contributed by atoms with van der Waals surface area (Å²) in [5.74, 6) is 0. The first-order chi connectivity index (χ1) is 8.42. The Morgan fingerprint density at radius 3 is 2.50 bits per heavy atom. The molecule has 1 saturated heterocycles. The molecule has 5 heteroatoms. The largest absolute Gasteiger partial charge is 0.622 e. The first kappa shape index (κ1) is 13.4. The Labute approximate surface area is 117 Å². The molecule has 0 saturated carbocycles. The summed E-state index contributed by atoms with van der Waals surface area (Å²) in [6, 6.07) is 9.60. The van der Waals surface area contributed by atoms with Crippen LogP contribution in [-0.2, 0) is 0 Å². The smallest absolute Gasteiger partial charge is 0.254 e. The average Bonchev–Trinajstić information content (AvgIpc) is 2.49. The maximum Gasteiger partial charge on any atom is 0.254 e. The van der Waals surface area contributed by atoms with Crippen molar-refractivity contribution in [1.82, 2.24) is 4.90 Å². The molecule has 96 valence electrons. The first-order valence-electron chi connectivity index (χ1n) is 5.73. The molecule has 0 radical (unpaired) electrons. The lowest BCUT2D eigenvalue weighted by molar-refractivity contribution is -0.522. The second kappa shape index (κ2) is 4.90. The minimum absolute atomic E-state index is 0.209. The number of thioether (sulfide) groups is 1. The highest BCUT2D eigenvalue weighted by Crippen LogP contribution is 2.40. The Morgan fingerprint density at radius 2 is 2.00 bits per heavy atom. The molecule has 0 bridgehead atoms. The van der Waals surface area contributed by atoms with Gasteiger partial charge in [0, 0.05) is 12.6 Å². The fourth-order valence-electron chi connectivity index (χ4n) is 2.15. The van der Waals surface area contributed by atoms with Crippen LogP contribution in [0, 0.1) is 5.21 Å². The van der Waals surface area contributed by atoms with Gasteiger partial charge < -0.3 is 10.1 Å². The number of hydroxylamine groups is 1. The molecular formula is C13H16N2OS2. The van der Waals surface area contributed by atoms with Crippen molar-refractivity contribution in [3.8, 4) is 0 Å². The van der Waals surface area contributed by atoms with Crippen LogP contribution in [0.5, 0.6) is 0 Å². The third kappa shape index (κ3) is 2.52. The molecule has 0 amide bonds. The van der Waals surface area contributed by atoms with Crippen molar-refractivity contribution in [2.75, 3.05) is 7.05 Å². The Hall–Kier alpha value is -1.07. The summed E-state index contributed by atoms with van der Waals surface area (Å²) >= 11 is 6.83. The molecule has 2 rings (SSSR count). The van der Waals surface area contributed by atoms with E-state index in [0.717, 1.165) is 14.6 Å². The zero-order valence-corrected chi connectivity index (χ0v) is 12.3. The van der Waals surface area contributed by atoms with E-state index in [4.69, 9.17) is 12.2 Å². The molecule has 1 aromatic rings. The van der Waals surface area contributed by atoms with Crippen LogP contribution in [-0.4, -0.2) is 38.1 Å². The van der Waals surface area contributed by atoms with Gasteiger partial charge in [0.05, 0.1) is 0 Å². The van der Waals surface area contributed by atoms with Gasteiger partial charge in [0.2, 0.25) is 0 Å². The van der Waals surface area contributed by atoms with Crippen LogP contribution in [0.25, 0.3) is 0 Å². The molecule has 0 aromatic heterocycles. The molecular weight excluding hydrogens is 264 g/mol. The molecule has 1 fully saturated rings. The van der Waals surface area contributed by atoms with E-state index in [1.165, 1.54) is 0 Å². The number of hydrogen-bond acceptors (Lipinski definition) is 3. The highest BCUT2D eigenvalue weighted by Gasteiger charge is 2.48. The van der Waals surface area contributed by atoms with E-state index in [9.17, 15) is 5.21 Å². The minimum atomic E-state index is -0.268. The summed E-state index contributed by atoms with van der Waals surface area (Å²) in [6.45, 7) is 4.09. The van der Waals surface area contributed by atoms with Crippen LogP contribution in [0.1, 0.15) is 19.4 Å². The van der Waals surface area contributed by atoms with Crippen molar-refractivity contribution >= 4 is 34.5 Å². The van der Waals surface area contributed by atoms with E-state index >= 15 is 0 Å². The highest BCUT2D eigenvalue weighted by atomic mass is 32.2. The lowest BCUT2D eigenvalue weighted by atomic mass is 10.1. The Bertz CT molecular complexity index is 485. The predicted molar refractivity (Wildman–Crippen MR) is 81.1 cm³/mol. The Balaban J connectivity index is 2.31. The zero-order chi connectivity index (χ0) is 13.3. The molecule has 0 aliphatic carbocycles. The number of hydrogen-bond donors (Lipinski definition) is 0. The van der Waals surface area contributed by atoms with Crippen LogP contribution in [0.15, 0.2) is 30.3 Å². The van der Waals surface area contributed by atoms with E-state index in [-0.39, 0.29) is 10.9 Å². The standard InChI is InChI=1S/C13H16N2OS2/c1-13(2)11(14(3)12(17)18-13)15(16)9-10-7-5-4-6-8-10/h4-9,11H,1-3H3/b15-9-/t11-/m0/s1. The minimum Gasteiger partial charge on any atom is -0.622 e. The Kier molecular flexibility index (Phi) is 3.64. The van der Waals surface area contributed by atoms with E-state index in [0.29, 0.717) is 0 Å². The van der Waals surface area contributed by atoms with Gasteiger partial charge in [-0.2, -0.15) is 4.74 Å². The molecule has 1 aromatic carbocycles. The van der Waals surface area contributed by atoms with Gasteiger partial charge in [-0.3, -0.25) is 0 Å². The quantitative estimate of drug-likeness (QED) is 0.274. The molecule has 3 nitrogen and oxygen atoms in total. The lowest BCUT2D eigenvalue weighted by Crippen LogP contribution is -2.46. The third-order valence-corrected chi connectivity index (χ3v) is 4.68. The van der Waals surface area contributed by atoms with Crippen LogP contribution in [0.4, 0.5) is 0 Å². The zero-order valence-electron chi connectivity index (χ0n) is 10.7. The van der Waals surface area contributed by atoms with Gasteiger partial charge in [-0.1, -0.05) is 42.2 Å². The van der Waals surface area contributed by atoms with Crippen molar-refractivity contribution in [1.29, 1.82) is 0 Å². The molecule has 1 aliphatic heterocycles. The second-order valence-electron chi connectivity index (χ2n) is 4.86. The topological polar surface area (TPSA) is 29.3 Å². The fourth-order valence-corrected chi connectivity index (χ4v) is 3.96. The van der Waals surface area contributed by atoms with Gasteiger partial charge in [0.25, 0.3) is 6.17 Å². The summed E-state index contributed by atoms with van der Waals surface area (Å²) in [6.07, 6.45) is 1.35. The van der Waals surface area contributed by atoms with Crippen LogP contribution in [0.3, 0.4) is 0 Å². The van der Waals surface area contributed by atoms with E-state index < -0.39 is 0 Å². The van der Waals surface area contributed by atoms with Gasteiger partial charge in [-0.25, -0.2) is 0 Å². The molecule has 1 atom stereocenters. The van der Waals surface area contributed by atoms with E-state index in [2.05, 4.69) is 0 Å². The number of thiocarbonyl (C=S) groups is 1. The SMILES string of the molecule is CN1C(=S)SC(C)(C)[C@@H]1/[N+]([O-])=C/c1ccccc1. The van der Waals surface area contributed by atoms with Gasteiger partial charge in [0.1, 0.15) is 9.07 Å². The number of nitrogens with zero attached hydrogens (tertiary/aromatic N) is 2.